The zero-order chi connectivity index (χ0) is 17.1. The van der Waals surface area contributed by atoms with Crippen LogP contribution in [-0.2, 0) is 6.54 Å². The molecule has 0 radical (unpaired) electrons. The SMILES string of the molecule is Cc1nc(N2CCCC2)ccc1-c1n[nH]c(CNc2cccnc2)n1. The fourth-order valence-electron chi connectivity index (χ4n) is 3.05. The minimum absolute atomic E-state index is 0.566. The number of H-pyrrole nitrogens is 1. The van der Waals surface area contributed by atoms with Crippen molar-refractivity contribution in [2.45, 2.75) is 26.3 Å². The first-order valence-electron chi connectivity index (χ1n) is 8.58. The minimum Gasteiger partial charge on any atom is -0.377 e. The summed E-state index contributed by atoms with van der Waals surface area (Å²) >= 11 is 0. The van der Waals surface area contributed by atoms with Crippen molar-refractivity contribution in [1.29, 1.82) is 0 Å². The lowest BCUT2D eigenvalue weighted by atomic mass is 10.2. The summed E-state index contributed by atoms with van der Waals surface area (Å²) in [4.78, 5) is 15.7. The Kier molecular flexibility index (Phi) is 4.28. The van der Waals surface area contributed by atoms with Gasteiger partial charge < -0.3 is 10.2 Å². The van der Waals surface area contributed by atoms with Crippen molar-refractivity contribution in [3.63, 3.8) is 0 Å². The summed E-state index contributed by atoms with van der Waals surface area (Å²) in [5.41, 5.74) is 2.87. The number of anilines is 2. The van der Waals surface area contributed by atoms with Gasteiger partial charge >= 0.3 is 0 Å². The maximum atomic E-state index is 4.74. The van der Waals surface area contributed by atoms with Gasteiger partial charge in [-0.1, -0.05) is 0 Å². The predicted molar refractivity (Wildman–Crippen MR) is 97.4 cm³/mol. The molecule has 7 nitrogen and oxygen atoms in total. The van der Waals surface area contributed by atoms with E-state index >= 15 is 0 Å². The van der Waals surface area contributed by atoms with Crippen LogP contribution < -0.4 is 10.2 Å². The average Bonchev–Trinajstić information content (AvgIpc) is 3.33. The molecule has 0 atom stereocenters. The molecule has 0 saturated carbocycles. The Hall–Kier alpha value is -2.96. The van der Waals surface area contributed by atoms with Crippen LogP contribution in [0.5, 0.6) is 0 Å². The van der Waals surface area contributed by atoms with E-state index in [1.54, 1.807) is 12.4 Å². The van der Waals surface area contributed by atoms with Gasteiger partial charge in [0.05, 0.1) is 17.9 Å². The van der Waals surface area contributed by atoms with Crippen molar-refractivity contribution in [1.82, 2.24) is 25.1 Å². The molecule has 0 amide bonds. The molecular formula is C18H21N7. The van der Waals surface area contributed by atoms with Crippen molar-refractivity contribution in [3.05, 3.63) is 48.2 Å². The van der Waals surface area contributed by atoms with Gasteiger partial charge in [-0.25, -0.2) is 9.97 Å². The first kappa shape index (κ1) is 15.6. The fraction of sp³-hybridized carbons (Fsp3) is 0.333. The summed E-state index contributed by atoms with van der Waals surface area (Å²) in [6.07, 6.45) is 6.02. The van der Waals surface area contributed by atoms with Crippen LogP contribution in [-0.4, -0.2) is 38.2 Å². The van der Waals surface area contributed by atoms with Crippen LogP contribution in [0.3, 0.4) is 0 Å². The lowest BCUT2D eigenvalue weighted by Gasteiger charge is -2.17. The van der Waals surface area contributed by atoms with E-state index in [0.717, 1.165) is 41.7 Å². The molecule has 1 fully saturated rings. The molecule has 0 aliphatic carbocycles. The molecule has 1 aliphatic heterocycles. The number of rotatable bonds is 5. The molecule has 0 bridgehead atoms. The van der Waals surface area contributed by atoms with Crippen LogP contribution in [0.25, 0.3) is 11.4 Å². The monoisotopic (exact) mass is 335 g/mol. The lowest BCUT2D eigenvalue weighted by molar-refractivity contribution is 0.929. The van der Waals surface area contributed by atoms with E-state index in [4.69, 9.17) is 4.98 Å². The molecule has 7 heteroatoms. The van der Waals surface area contributed by atoms with Gasteiger partial charge in [-0.2, -0.15) is 5.10 Å². The predicted octanol–water partition coefficient (Wildman–Crippen LogP) is 2.78. The van der Waals surface area contributed by atoms with Crippen molar-refractivity contribution in [3.8, 4) is 11.4 Å². The van der Waals surface area contributed by atoms with Crippen LogP contribution in [0, 0.1) is 6.92 Å². The lowest BCUT2D eigenvalue weighted by Crippen LogP contribution is -2.19. The highest BCUT2D eigenvalue weighted by molar-refractivity contribution is 5.60. The van der Waals surface area contributed by atoms with E-state index in [2.05, 4.69) is 42.5 Å². The molecule has 3 aromatic heterocycles. The van der Waals surface area contributed by atoms with Gasteiger partial charge in [0, 0.05) is 31.0 Å². The topological polar surface area (TPSA) is 82.6 Å². The van der Waals surface area contributed by atoms with Gasteiger partial charge in [0.2, 0.25) is 0 Å². The van der Waals surface area contributed by atoms with Crippen LogP contribution in [0.1, 0.15) is 24.4 Å². The Morgan fingerprint density at radius 2 is 2.04 bits per heavy atom. The van der Waals surface area contributed by atoms with Gasteiger partial charge in [-0.05, 0) is 44.0 Å². The number of pyridine rings is 2. The first-order chi connectivity index (χ1) is 12.3. The number of nitrogens with zero attached hydrogens (tertiary/aromatic N) is 5. The van der Waals surface area contributed by atoms with Gasteiger partial charge in [0.1, 0.15) is 11.6 Å². The van der Waals surface area contributed by atoms with E-state index in [0.29, 0.717) is 12.4 Å². The second-order valence-corrected chi connectivity index (χ2v) is 6.20. The standard InChI is InChI=1S/C18H21N7/c1-13-15(6-7-17(21-13)25-9-2-3-10-25)18-22-16(23-24-18)12-20-14-5-4-8-19-11-14/h4-8,11,20H,2-3,9-10,12H2,1H3,(H,22,23,24). The minimum atomic E-state index is 0.566. The Labute approximate surface area is 146 Å². The molecule has 4 heterocycles. The van der Waals surface area contributed by atoms with Crippen LogP contribution in [0.15, 0.2) is 36.7 Å². The zero-order valence-electron chi connectivity index (χ0n) is 14.2. The van der Waals surface area contributed by atoms with E-state index in [9.17, 15) is 0 Å². The summed E-state index contributed by atoms with van der Waals surface area (Å²) in [5.74, 6) is 2.51. The number of aromatic amines is 1. The second kappa shape index (κ2) is 6.88. The molecule has 0 spiro atoms. The van der Waals surface area contributed by atoms with Gasteiger partial charge in [-0.15, -0.1) is 0 Å². The molecule has 0 unspecified atom stereocenters. The molecule has 25 heavy (non-hydrogen) atoms. The quantitative estimate of drug-likeness (QED) is 0.746. The maximum absolute atomic E-state index is 4.74. The molecule has 128 valence electrons. The largest absolute Gasteiger partial charge is 0.377 e. The summed E-state index contributed by atoms with van der Waals surface area (Å²) in [7, 11) is 0. The summed E-state index contributed by atoms with van der Waals surface area (Å²) in [6.45, 7) is 4.77. The highest BCUT2D eigenvalue weighted by Gasteiger charge is 2.16. The zero-order valence-corrected chi connectivity index (χ0v) is 14.2. The molecule has 4 rings (SSSR count). The summed E-state index contributed by atoms with van der Waals surface area (Å²) < 4.78 is 0. The van der Waals surface area contributed by atoms with Crippen molar-refractivity contribution < 1.29 is 0 Å². The van der Waals surface area contributed by atoms with E-state index in [1.165, 1.54) is 12.8 Å². The Morgan fingerprint density at radius 1 is 1.16 bits per heavy atom. The van der Waals surface area contributed by atoms with Crippen LogP contribution in [0.4, 0.5) is 11.5 Å². The maximum Gasteiger partial charge on any atom is 0.183 e. The van der Waals surface area contributed by atoms with E-state index in [-0.39, 0.29) is 0 Å². The first-order valence-corrected chi connectivity index (χ1v) is 8.58. The van der Waals surface area contributed by atoms with Gasteiger partial charge in [0.15, 0.2) is 5.82 Å². The fourth-order valence-corrected chi connectivity index (χ4v) is 3.05. The number of hydrogen-bond acceptors (Lipinski definition) is 6. The molecule has 2 N–H and O–H groups in total. The Bertz CT molecular complexity index is 838. The van der Waals surface area contributed by atoms with E-state index in [1.807, 2.05) is 19.1 Å². The molecule has 1 aliphatic rings. The van der Waals surface area contributed by atoms with E-state index < -0.39 is 0 Å². The third kappa shape index (κ3) is 3.45. The number of nitrogens with one attached hydrogen (secondary N) is 2. The number of aromatic nitrogens is 5. The molecule has 1 saturated heterocycles. The third-order valence-electron chi connectivity index (χ3n) is 4.40. The van der Waals surface area contributed by atoms with Crippen LogP contribution >= 0.6 is 0 Å². The van der Waals surface area contributed by atoms with Crippen molar-refractivity contribution >= 4 is 11.5 Å². The van der Waals surface area contributed by atoms with Crippen molar-refractivity contribution in [2.24, 2.45) is 0 Å². The molecule has 0 aromatic carbocycles. The summed E-state index contributed by atoms with van der Waals surface area (Å²) in [5, 5.41) is 10.6. The van der Waals surface area contributed by atoms with Crippen LogP contribution in [0.2, 0.25) is 0 Å². The molecule has 3 aromatic rings. The second-order valence-electron chi connectivity index (χ2n) is 6.20. The smallest absolute Gasteiger partial charge is 0.183 e. The van der Waals surface area contributed by atoms with Crippen molar-refractivity contribution in [2.75, 3.05) is 23.3 Å². The highest BCUT2D eigenvalue weighted by atomic mass is 15.2. The number of aryl methyl sites for hydroxylation is 1. The average molecular weight is 335 g/mol. The number of hydrogen-bond donors (Lipinski definition) is 2. The Morgan fingerprint density at radius 3 is 2.80 bits per heavy atom. The Balaban J connectivity index is 1.47. The molecular weight excluding hydrogens is 314 g/mol. The highest BCUT2D eigenvalue weighted by Crippen LogP contribution is 2.24. The normalized spacial score (nSPS) is 14.0. The third-order valence-corrected chi connectivity index (χ3v) is 4.40. The van der Waals surface area contributed by atoms with Gasteiger partial charge in [0.25, 0.3) is 0 Å². The van der Waals surface area contributed by atoms with Gasteiger partial charge in [-0.3, -0.25) is 10.1 Å². The summed E-state index contributed by atoms with van der Waals surface area (Å²) in [6, 6.07) is 8.00.